The van der Waals surface area contributed by atoms with Crippen LogP contribution in [0.1, 0.15) is 77.0 Å². The first-order chi connectivity index (χ1) is 28.2. The second-order valence-electron chi connectivity index (χ2n) is 13.9. The fourth-order valence-electron chi connectivity index (χ4n) is 4.77. The van der Waals surface area contributed by atoms with Crippen LogP contribution in [-0.4, -0.2) is 87.6 Å². The summed E-state index contributed by atoms with van der Waals surface area (Å²) in [5, 5.41) is 35.5. The summed E-state index contributed by atoms with van der Waals surface area (Å²) in [6, 6.07) is 19.2. The average Bonchev–Trinajstić information content (AvgIpc) is 3.49. The number of hydrogen-bond acceptors (Lipinski definition) is 15. The lowest BCUT2D eigenvalue weighted by Crippen LogP contribution is -2.33. The van der Waals surface area contributed by atoms with Crippen LogP contribution >= 0.6 is 7.82 Å². The number of phosphoric ester groups is 1. The highest BCUT2D eigenvalue weighted by molar-refractivity contribution is 7.45. The summed E-state index contributed by atoms with van der Waals surface area (Å²) in [4.78, 5) is 84.4. The van der Waals surface area contributed by atoms with Crippen molar-refractivity contribution < 1.29 is 67.7 Å². The van der Waals surface area contributed by atoms with E-state index in [1.807, 2.05) is 0 Å². The highest BCUT2D eigenvalue weighted by Crippen LogP contribution is 2.33. The van der Waals surface area contributed by atoms with E-state index in [-0.39, 0.29) is 62.3 Å². The minimum absolute atomic E-state index is 0. The van der Waals surface area contributed by atoms with Crippen molar-refractivity contribution in [2.45, 2.75) is 85.2 Å². The summed E-state index contributed by atoms with van der Waals surface area (Å²) >= 11 is 0. The average molecular weight is 874 g/mol. The number of nitrogens with two attached hydrogens (primary N) is 1. The maximum atomic E-state index is 11.6. The molecule has 61 heavy (non-hydrogen) atoms. The molecule has 1 saturated heterocycles. The molecule has 1 unspecified atom stereocenters. The first-order valence-corrected chi connectivity index (χ1v) is 20.3. The number of phenolic OH excluding ortho intramolecular Hbond substituents is 2. The Morgan fingerprint density at radius 3 is 1.64 bits per heavy atom. The van der Waals surface area contributed by atoms with Gasteiger partial charge in [0, 0.05) is 50.9 Å². The Kier molecular flexibility index (Phi) is 23.4. The fraction of sp³-hybridized carbons (Fsp3) is 0.415. The van der Waals surface area contributed by atoms with E-state index in [0.717, 1.165) is 16.7 Å². The number of nitrogens with zero attached hydrogens (tertiary/aromatic N) is 2. The smallest absolute Gasteiger partial charge is 0.333 e. The van der Waals surface area contributed by atoms with Gasteiger partial charge in [0.15, 0.2) is 0 Å². The predicted molar refractivity (Wildman–Crippen MR) is 220 cm³/mol. The Morgan fingerprint density at radius 2 is 1.21 bits per heavy atom. The molecule has 0 saturated carbocycles. The maximum Gasteiger partial charge on any atom is 0.333 e. The highest BCUT2D eigenvalue weighted by atomic mass is 31.2. The van der Waals surface area contributed by atoms with Gasteiger partial charge in [-0.05, 0) is 72.4 Å². The van der Waals surface area contributed by atoms with Gasteiger partial charge in [0.05, 0.1) is 13.0 Å². The van der Waals surface area contributed by atoms with Gasteiger partial charge < -0.3 is 55.6 Å². The zero-order chi connectivity index (χ0) is 44.7. The highest BCUT2D eigenvalue weighted by Gasteiger charge is 2.32. The maximum absolute atomic E-state index is 11.6. The van der Waals surface area contributed by atoms with E-state index < -0.39 is 37.3 Å². The fourth-order valence-corrected chi connectivity index (χ4v) is 5.16. The Balaban J connectivity index is 0.000000455. The van der Waals surface area contributed by atoms with Crippen LogP contribution in [0.5, 0.6) is 17.2 Å². The van der Waals surface area contributed by atoms with Crippen LogP contribution in [0.25, 0.3) is 0 Å². The number of imide groups is 1. The molecule has 1 atom stereocenters. The number of phosphoric acid groups is 1. The number of hydroxylamine groups is 2. The number of amides is 4. The third-order valence-electron chi connectivity index (χ3n) is 7.65. The number of carbonyl (C=O) groups is 5. The second-order valence-corrected chi connectivity index (χ2v) is 15.1. The van der Waals surface area contributed by atoms with Crippen molar-refractivity contribution in [3.63, 3.8) is 0 Å². The molecule has 7 N–H and O–H groups in total. The summed E-state index contributed by atoms with van der Waals surface area (Å²) < 4.78 is 19.8. The number of ether oxygens (including phenoxy) is 1. The summed E-state index contributed by atoms with van der Waals surface area (Å²) in [5.74, 6) is -1.41. The molecular weight excluding hydrogens is 817 g/mol. The van der Waals surface area contributed by atoms with Crippen molar-refractivity contribution in [3.05, 3.63) is 89.5 Å². The van der Waals surface area contributed by atoms with Gasteiger partial charge in [0.25, 0.3) is 11.8 Å². The molecule has 0 bridgehead atoms. The molecule has 4 amide bonds. The van der Waals surface area contributed by atoms with Crippen molar-refractivity contribution in [2.75, 3.05) is 26.2 Å². The van der Waals surface area contributed by atoms with Gasteiger partial charge in [-0.15, -0.1) is 5.06 Å². The minimum atomic E-state index is -4.77. The Bertz CT molecular complexity index is 1900. The molecule has 0 aromatic heterocycles. The first kappa shape index (κ1) is 53.0. The zero-order valence-electron chi connectivity index (χ0n) is 33.7. The lowest BCUT2D eigenvalue weighted by Gasteiger charge is -2.29. The monoisotopic (exact) mass is 873 g/mol. The van der Waals surface area contributed by atoms with Gasteiger partial charge in [-0.3, -0.25) is 28.7 Å². The number of aliphatic imine (C=N–C) groups is 1. The van der Waals surface area contributed by atoms with Gasteiger partial charge in [0.1, 0.15) is 23.3 Å². The molecule has 0 radical (unpaired) electrons. The lowest BCUT2D eigenvalue weighted by atomic mass is 10.1. The van der Waals surface area contributed by atoms with Crippen LogP contribution in [0.15, 0.2) is 77.8 Å². The zero-order valence-corrected chi connectivity index (χ0v) is 34.6. The molecule has 19 nitrogen and oxygen atoms in total. The molecule has 3 aromatic rings. The van der Waals surface area contributed by atoms with Crippen molar-refractivity contribution in [3.8, 4) is 17.2 Å². The molecule has 1 aliphatic heterocycles. The van der Waals surface area contributed by atoms with Gasteiger partial charge in [-0.25, -0.2) is 4.79 Å². The number of aromatic hydroxyl groups is 2. The van der Waals surface area contributed by atoms with Gasteiger partial charge in [0.2, 0.25) is 11.8 Å². The number of phenols is 2. The molecule has 3 aromatic carbocycles. The second kappa shape index (κ2) is 27.0. The van der Waals surface area contributed by atoms with E-state index in [1.165, 1.54) is 24.3 Å². The van der Waals surface area contributed by atoms with Gasteiger partial charge in [-0.2, -0.15) is 0 Å². The van der Waals surface area contributed by atoms with E-state index in [1.54, 1.807) is 69.3 Å². The largest absolute Gasteiger partial charge is 0.746 e. The SMILES string of the molecule is C.CC(C)(C)OC([O-])=NCCNC(=O)CCc1ccc(O)cc1.NCCNC(=O)CCc1ccc(OP(=O)([O-])O)cc1.O=C(CCc1ccc(O)cc1)ON1C(=O)CCC1=O. The number of rotatable bonds is 17. The molecule has 0 spiro atoms. The summed E-state index contributed by atoms with van der Waals surface area (Å²) in [6.07, 6.45) is 1.80. The van der Waals surface area contributed by atoms with E-state index in [0.29, 0.717) is 56.8 Å². The van der Waals surface area contributed by atoms with Crippen LogP contribution in [0, 0.1) is 0 Å². The topological polar surface area (TPSA) is 303 Å². The molecule has 0 aliphatic carbocycles. The number of carbonyl (C=O) groups excluding carboxylic acids is 5. The van der Waals surface area contributed by atoms with E-state index in [2.05, 4.69) is 20.1 Å². The Hall–Kier alpha value is -6.01. The minimum Gasteiger partial charge on any atom is -0.746 e. The Labute approximate surface area is 355 Å². The van der Waals surface area contributed by atoms with Crippen LogP contribution in [0.4, 0.5) is 0 Å². The van der Waals surface area contributed by atoms with Crippen LogP contribution in [-0.2, 0) is 57.4 Å². The molecule has 4 rings (SSSR count). The molecular formula is C41H56N5O14P-2. The third kappa shape index (κ3) is 24.6. The molecule has 1 aliphatic rings. The normalized spacial score (nSPS) is 13.2. The summed E-state index contributed by atoms with van der Waals surface area (Å²) in [6.45, 7) is 6.64. The standard InChI is InChI=1S/C16H24N2O4.C13H13NO5.C11H17N2O5P.CH4/c1-16(2,3)22-15(21)18-11-10-17-14(20)9-6-12-4-7-13(19)8-5-12;15-10-4-1-9(2-5-10)3-8-13(18)19-14-11(16)6-7-12(14)17;12-7-8-13-11(14)6-3-9-1-4-10(5-2-9)18-19(15,16)17;/h4-5,7-8,19H,6,9-11H2,1-3H3,(H,17,20)(H,18,21);1-2,4-5,15H,3,6-8H2;1-2,4-5H,3,6-8,12H2,(H,13,14)(H2,15,16,17);1H4/p-2. The van der Waals surface area contributed by atoms with E-state index >= 15 is 0 Å². The molecule has 336 valence electrons. The molecule has 1 fully saturated rings. The quantitative estimate of drug-likeness (QED) is 0.0372. The predicted octanol–water partition coefficient (Wildman–Crippen LogP) is 2.07. The number of nitrogens with one attached hydrogen (secondary N) is 2. The van der Waals surface area contributed by atoms with Crippen LogP contribution < -0.4 is 30.9 Å². The summed E-state index contributed by atoms with van der Waals surface area (Å²) in [7, 11) is -4.77. The van der Waals surface area contributed by atoms with Crippen molar-refractivity contribution in [1.82, 2.24) is 15.7 Å². The molecule has 20 heteroatoms. The van der Waals surface area contributed by atoms with Crippen molar-refractivity contribution in [2.24, 2.45) is 10.7 Å². The third-order valence-corrected chi connectivity index (χ3v) is 8.09. The lowest BCUT2D eigenvalue weighted by molar-refractivity contribution is -0.260. The number of aryl methyl sites for hydroxylation is 3. The Morgan fingerprint density at radius 1 is 0.787 bits per heavy atom. The van der Waals surface area contributed by atoms with Crippen LogP contribution in [0.3, 0.4) is 0 Å². The van der Waals surface area contributed by atoms with Crippen molar-refractivity contribution in [1.29, 1.82) is 0 Å². The van der Waals surface area contributed by atoms with Crippen LogP contribution in [0.2, 0.25) is 0 Å². The van der Waals surface area contributed by atoms with E-state index in [9.17, 15) is 38.5 Å². The number of benzene rings is 3. The van der Waals surface area contributed by atoms with Gasteiger partial charge in [-0.1, -0.05) is 64.6 Å². The van der Waals surface area contributed by atoms with E-state index in [4.69, 9.17) is 30.4 Å². The number of hydrogen-bond donors (Lipinski definition) is 6. The van der Waals surface area contributed by atoms with Gasteiger partial charge >= 0.3 is 13.8 Å². The first-order valence-electron chi connectivity index (χ1n) is 18.8. The molecule has 1 heterocycles. The van der Waals surface area contributed by atoms with Crippen molar-refractivity contribution >= 4 is 43.5 Å². The summed E-state index contributed by atoms with van der Waals surface area (Å²) in [5.41, 5.74) is 7.38.